The number of hydrogen-bond donors (Lipinski definition) is 0. The maximum Gasteiger partial charge on any atom is 0.140 e. The van der Waals surface area contributed by atoms with Gasteiger partial charge >= 0.3 is 0 Å². The summed E-state index contributed by atoms with van der Waals surface area (Å²) in [5, 5.41) is 8.80. The van der Waals surface area contributed by atoms with E-state index in [-0.39, 0.29) is 0 Å². The molecule has 0 fully saturated rings. The largest absolute Gasteiger partial charge is 0.298 e. The lowest BCUT2D eigenvalue weighted by atomic mass is 10.2. The first-order valence-corrected chi connectivity index (χ1v) is 5.70. The molecule has 2 heterocycles. The summed E-state index contributed by atoms with van der Waals surface area (Å²) in [4.78, 5) is 10.2. The molecule has 0 aromatic carbocycles. The molecule has 0 atom stereocenters. The minimum Gasteiger partial charge on any atom is -0.298 e. The lowest BCUT2D eigenvalue weighted by Crippen LogP contribution is -2.17. The average molecular weight is 238 g/mol. The minimum absolute atomic E-state index is 0.460. The zero-order chi connectivity index (χ0) is 12.8. The molecule has 18 heavy (non-hydrogen) atoms. The van der Waals surface area contributed by atoms with E-state index in [1.165, 1.54) is 5.56 Å². The molecule has 0 aliphatic heterocycles. The van der Waals surface area contributed by atoms with Crippen LogP contribution in [0.3, 0.4) is 0 Å². The molecule has 0 aliphatic carbocycles. The fraction of sp³-hybridized carbons (Fsp3) is 0.214. The van der Waals surface area contributed by atoms with E-state index in [1.807, 2.05) is 31.4 Å². The maximum atomic E-state index is 8.80. The van der Waals surface area contributed by atoms with Crippen molar-refractivity contribution in [2.75, 3.05) is 7.05 Å². The lowest BCUT2D eigenvalue weighted by molar-refractivity contribution is 0.318. The zero-order valence-corrected chi connectivity index (χ0v) is 10.2. The normalized spacial score (nSPS) is 10.3. The predicted octanol–water partition coefficient (Wildman–Crippen LogP) is 1.98. The van der Waals surface area contributed by atoms with Crippen LogP contribution in [-0.4, -0.2) is 21.9 Å². The van der Waals surface area contributed by atoms with Crippen LogP contribution in [0.1, 0.15) is 16.8 Å². The summed E-state index contributed by atoms with van der Waals surface area (Å²) >= 11 is 0. The molecular weight excluding hydrogens is 224 g/mol. The molecule has 0 saturated carbocycles. The van der Waals surface area contributed by atoms with Crippen molar-refractivity contribution in [3.05, 3.63) is 59.7 Å². The summed E-state index contributed by atoms with van der Waals surface area (Å²) in [5.41, 5.74) is 2.73. The van der Waals surface area contributed by atoms with Gasteiger partial charge in [0.25, 0.3) is 0 Å². The fourth-order valence-electron chi connectivity index (χ4n) is 1.80. The monoisotopic (exact) mass is 238 g/mol. The molecule has 0 radical (unpaired) electrons. The molecule has 0 spiro atoms. The van der Waals surface area contributed by atoms with E-state index in [0.29, 0.717) is 5.69 Å². The van der Waals surface area contributed by atoms with Crippen molar-refractivity contribution >= 4 is 0 Å². The van der Waals surface area contributed by atoms with Crippen molar-refractivity contribution in [2.45, 2.75) is 13.1 Å². The van der Waals surface area contributed by atoms with Crippen molar-refractivity contribution in [2.24, 2.45) is 0 Å². The molecule has 2 aromatic rings. The first-order valence-electron chi connectivity index (χ1n) is 5.70. The smallest absolute Gasteiger partial charge is 0.140 e. The van der Waals surface area contributed by atoms with Crippen molar-refractivity contribution in [3.63, 3.8) is 0 Å². The van der Waals surface area contributed by atoms with Gasteiger partial charge in [-0.15, -0.1) is 0 Å². The molecule has 0 bridgehead atoms. The Morgan fingerprint density at radius 1 is 1.22 bits per heavy atom. The van der Waals surface area contributed by atoms with Gasteiger partial charge in [0.05, 0.1) is 0 Å². The van der Waals surface area contributed by atoms with Gasteiger partial charge in [-0.2, -0.15) is 5.26 Å². The highest BCUT2D eigenvalue weighted by molar-refractivity contribution is 5.25. The standard InChI is InChI=1S/C14H14N4/c1-18(11-13-3-2-5-16-9-13)10-12-4-6-17-14(7-12)8-15/h2-7,9H,10-11H2,1H3. The highest BCUT2D eigenvalue weighted by Gasteiger charge is 2.03. The van der Waals surface area contributed by atoms with Crippen LogP contribution in [-0.2, 0) is 13.1 Å². The Morgan fingerprint density at radius 2 is 2.06 bits per heavy atom. The van der Waals surface area contributed by atoms with E-state index < -0.39 is 0 Å². The highest BCUT2D eigenvalue weighted by Crippen LogP contribution is 2.07. The molecule has 2 rings (SSSR count). The van der Waals surface area contributed by atoms with Crippen LogP contribution < -0.4 is 0 Å². The molecule has 90 valence electrons. The maximum absolute atomic E-state index is 8.80. The van der Waals surface area contributed by atoms with Gasteiger partial charge in [-0.05, 0) is 36.4 Å². The van der Waals surface area contributed by atoms with Gasteiger partial charge in [-0.3, -0.25) is 9.88 Å². The second kappa shape index (κ2) is 5.89. The molecule has 2 aromatic heterocycles. The SMILES string of the molecule is CN(Cc1cccnc1)Cc1ccnc(C#N)c1. The number of aromatic nitrogens is 2. The molecule has 4 nitrogen and oxygen atoms in total. The third kappa shape index (κ3) is 3.37. The summed E-state index contributed by atoms with van der Waals surface area (Å²) in [6, 6.07) is 9.79. The highest BCUT2D eigenvalue weighted by atomic mass is 15.1. The van der Waals surface area contributed by atoms with E-state index in [2.05, 4.69) is 27.0 Å². The van der Waals surface area contributed by atoms with E-state index >= 15 is 0 Å². The van der Waals surface area contributed by atoms with Crippen LogP contribution in [0, 0.1) is 11.3 Å². The average Bonchev–Trinajstić information content (AvgIpc) is 2.40. The second-order valence-electron chi connectivity index (χ2n) is 4.19. The van der Waals surface area contributed by atoms with E-state index in [9.17, 15) is 0 Å². The molecule has 4 heteroatoms. The van der Waals surface area contributed by atoms with Crippen LogP contribution in [0.25, 0.3) is 0 Å². The number of hydrogen-bond acceptors (Lipinski definition) is 4. The van der Waals surface area contributed by atoms with Crippen LogP contribution in [0.5, 0.6) is 0 Å². The Bertz CT molecular complexity index is 545. The summed E-state index contributed by atoms with van der Waals surface area (Å²) in [5.74, 6) is 0. The number of rotatable bonds is 4. The van der Waals surface area contributed by atoms with Crippen LogP contribution in [0.15, 0.2) is 42.9 Å². The molecule has 0 saturated heterocycles. The van der Waals surface area contributed by atoms with Gasteiger partial charge in [0.15, 0.2) is 0 Å². The van der Waals surface area contributed by atoms with Crippen molar-refractivity contribution in [3.8, 4) is 6.07 Å². The first-order chi connectivity index (χ1) is 8.78. The van der Waals surface area contributed by atoms with Crippen molar-refractivity contribution in [1.29, 1.82) is 5.26 Å². The Balaban J connectivity index is 1.99. The zero-order valence-electron chi connectivity index (χ0n) is 10.2. The van der Waals surface area contributed by atoms with Gasteiger partial charge in [-0.25, -0.2) is 4.98 Å². The number of pyridine rings is 2. The van der Waals surface area contributed by atoms with Gasteiger partial charge in [0, 0.05) is 31.7 Å². The van der Waals surface area contributed by atoms with Gasteiger partial charge < -0.3 is 0 Å². The number of nitriles is 1. The quantitative estimate of drug-likeness (QED) is 0.817. The second-order valence-corrected chi connectivity index (χ2v) is 4.19. The molecule has 0 N–H and O–H groups in total. The lowest BCUT2D eigenvalue weighted by Gasteiger charge is -2.16. The van der Waals surface area contributed by atoms with Crippen LogP contribution in [0.4, 0.5) is 0 Å². The Morgan fingerprint density at radius 3 is 2.78 bits per heavy atom. The van der Waals surface area contributed by atoms with Crippen molar-refractivity contribution in [1.82, 2.24) is 14.9 Å². The third-order valence-electron chi connectivity index (χ3n) is 2.57. The topological polar surface area (TPSA) is 52.8 Å². The molecule has 0 unspecified atom stereocenters. The Kier molecular flexibility index (Phi) is 4.00. The first kappa shape index (κ1) is 12.2. The van der Waals surface area contributed by atoms with Gasteiger partial charge in [0.2, 0.25) is 0 Å². The van der Waals surface area contributed by atoms with Gasteiger partial charge in [-0.1, -0.05) is 6.07 Å². The summed E-state index contributed by atoms with van der Waals surface area (Å²) in [7, 11) is 2.04. The van der Waals surface area contributed by atoms with E-state index in [0.717, 1.165) is 18.7 Å². The molecule has 0 amide bonds. The van der Waals surface area contributed by atoms with E-state index in [4.69, 9.17) is 5.26 Å². The molecular formula is C14H14N4. The van der Waals surface area contributed by atoms with Crippen LogP contribution >= 0.6 is 0 Å². The molecule has 0 aliphatic rings. The predicted molar refractivity (Wildman–Crippen MR) is 68.4 cm³/mol. The Hall–Kier alpha value is -2.25. The van der Waals surface area contributed by atoms with E-state index in [1.54, 1.807) is 12.4 Å². The van der Waals surface area contributed by atoms with Gasteiger partial charge in [0.1, 0.15) is 11.8 Å². The van der Waals surface area contributed by atoms with Crippen LogP contribution in [0.2, 0.25) is 0 Å². The summed E-state index contributed by atoms with van der Waals surface area (Å²) < 4.78 is 0. The fourth-order valence-corrected chi connectivity index (χ4v) is 1.80. The summed E-state index contributed by atoms with van der Waals surface area (Å²) in [6.07, 6.45) is 5.31. The number of nitrogens with zero attached hydrogens (tertiary/aromatic N) is 4. The summed E-state index contributed by atoms with van der Waals surface area (Å²) in [6.45, 7) is 1.62. The van der Waals surface area contributed by atoms with Crippen molar-refractivity contribution < 1.29 is 0 Å². The Labute approximate surface area is 107 Å². The minimum atomic E-state index is 0.460. The third-order valence-corrected chi connectivity index (χ3v) is 2.57.